The SMILES string of the molecule is C[N+](C)(C)c1cc(O)ccc1[N+](=O)[O-].[Cl-]. The maximum Gasteiger partial charge on any atom is 0.329 e. The average molecular weight is 233 g/mol. The second kappa shape index (κ2) is 4.46. The molecule has 15 heavy (non-hydrogen) atoms. The molecular weight excluding hydrogens is 220 g/mol. The summed E-state index contributed by atoms with van der Waals surface area (Å²) >= 11 is 0. The van der Waals surface area contributed by atoms with E-state index < -0.39 is 4.92 Å². The van der Waals surface area contributed by atoms with Gasteiger partial charge in [-0.2, -0.15) is 0 Å². The van der Waals surface area contributed by atoms with Crippen LogP contribution in [0.15, 0.2) is 18.2 Å². The normalized spacial score (nSPS) is 10.6. The van der Waals surface area contributed by atoms with E-state index in [0.29, 0.717) is 10.2 Å². The molecule has 0 spiro atoms. The topological polar surface area (TPSA) is 63.4 Å². The Hall–Kier alpha value is -1.33. The van der Waals surface area contributed by atoms with Gasteiger partial charge in [-0.3, -0.25) is 14.6 Å². The number of phenolic OH excluding ortho intramolecular Hbond substituents is 1. The zero-order valence-corrected chi connectivity index (χ0v) is 9.52. The fourth-order valence-electron chi connectivity index (χ4n) is 1.20. The number of quaternary nitrogens is 1. The third kappa shape index (κ3) is 3.07. The van der Waals surface area contributed by atoms with Gasteiger partial charge in [0.05, 0.1) is 26.1 Å². The van der Waals surface area contributed by atoms with Gasteiger partial charge >= 0.3 is 5.69 Å². The molecule has 0 radical (unpaired) electrons. The first kappa shape index (κ1) is 13.7. The standard InChI is InChI=1S/C9H12N2O3.ClH/c1-11(2,3)9-6-7(12)4-5-8(9)10(13)14;/h4-6H,1-3H3;1H. The van der Waals surface area contributed by atoms with Crippen LogP contribution in [0.2, 0.25) is 0 Å². The number of rotatable bonds is 2. The van der Waals surface area contributed by atoms with Crippen LogP contribution in [0.5, 0.6) is 5.75 Å². The van der Waals surface area contributed by atoms with Crippen LogP contribution in [0, 0.1) is 10.1 Å². The van der Waals surface area contributed by atoms with Crippen molar-refractivity contribution in [2.45, 2.75) is 0 Å². The van der Waals surface area contributed by atoms with Crippen LogP contribution in [0.1, 0.15) is 0 Å². The Morgan fingerprint density at radius 2 is 1.87 bits per heavy atom. The second-order valence-electron chi connectivity index (χ2n) is 3.94. The predicted octanol–water partition coefficient (Wildman–Crippen LogP) is -1.50. The summed E-state index contributed by atoms with van der Waals surface area (Å²) in [6.45, 7) is 0. The lowest BCUT2D eigenvalue weighted by molar-refractivity contribution is -0.384. The van der Waals surface area contributed by atoms with Gasteiger partial charge in [0, 0.05) is 12.1 Å². The third-order valence-electron chi connectivity index (χ3n) is 1.88. The van der Waals surface area contributed by atoms with E-state index in [1.165, 1.54) is 18.2 Å². The first-order valence-corrected chi connectivity index (χ1v) is 4.12. The van der Waals surface area contributed by atoms with Gasteiger partial charge in [-0.25, -0.2) is 0 Å². The van der Waals surface area contributed by atoms with Crippen LogP contribution >= 0.6 is 0 Å². The zero-order chi connectivity index (χ0) is 10.9. The van der Waals surface area contributed by atoms with E-state index in [9.17, 15) is 15.2 Å². The van der Waals surface area contributed by atoms with E-state index in [0.717, 1.165) is 0 Å². The van der Waals surface area contributed by atoms with Gasteiger partial charge in [-0.05, 0) is 6.07 Å². The molecule has 1 N–H and O–H groups in total. The highest BCUT2D eigenvalue weighted by molar-refractivity contribution is 5.62. The fourth-order valence-corrected chi connectivity index (χ4v) is 1.20. The van der Waals surface area contributed by atoms with Crippen molar-refractivity contribution in [2.75, 3.05) is 21.1 Å². The molecule has 0 aliphatic carbocycles. The van der Waals surface area contributed by atoms with Crippen LogP contribution in [-0.4, -0.2) is 31.2 Å². The van der Waals surface area contributed by atoms with Crippen LogP contribution in [0.25, 0.3) is 0 Å². The number of hydrogen-bond acceptors (Lipinski definition) is 3. The molecule has 6 heteroatoms. The van der Waals surface area contributed by atoms with Gasteiger partial charge in [0.25, 0.3) is 0 Å². The number of hydrogen-bond donors (Lipinski definition) is 1. The van der Waals surface area contributed by atoms with E-state index >= 15 is 0 Å². The number of nitrogens with zero attached hydrogens (tertiary/aromatic N) is 2. The largest absolute Gasteiger partial charge is 1.00 e. The summed E-state index contributed by atoms with van der Waals surface area (Å²) in [6, 6.07) is 4.05. The highest BCUT2D eigenvalue weighted by atomic mass is 35.5. The van der Waals surface area contributed by atoms with Crippen molar-refractivity contribution in [3.8, 4) is 5.75 Å². The Labute approximate surface area is 94.1 Å². The molecule has 0 aromatic heterocycles. The van der Waals surface area contributed by atoms with E-state index in [4.69, 9.17) is 0 Å². The average Bonchev–Trinajstić information content (AvgIpc) is 2.01. The molecule has 0 unspecified atom stereocenters. The molecule has 0 bridgehead atoms. The number of aromatic hydroxyl groups is 1. The molecule has 1 aromatic carbocycles. The van der Waals surface area contributed by atoms with Crippen molar-refractivity contribution in [3.63, 3.8) is 0 Å². The lowest BCUT2D eigenvalue weighted by Crippen LogP contribution is -3.00. The lowest BCUT2D eigenvalue weighted by Gasteiger charge is -2.22. The van der Waals surface area contributed by atoms with Gasteiger partial charge in [0.2, 0.25) is 5.69 Å². The molecule has 0 saturated carbocycles. The summed E-state index contributed by atoms with van der Waals surface area (Å²) in [5.41, 5.74) is 0.505. The molecule has 1 rings (SSSR count). The summed E-state index contributed by atoms with van der Waals surface area (Å²) in [4.78, 5) is 10.2. The van der Waals surface area contributed by atoms with E-state index in [1.807, 2.05) is 21.1 Å². The summed E-state index contributed by atoms with van der Waals surface area (Å²) in [5.74, 6) is 0.0404. The van der Waals surface area contributed by atoms with Gasteiger partial charge in [-0.1, -0.05) is 0 Å². The zero-order valence-electron chi connectivity index (χ0n) is 8.77. The maximum atomic E-state index is 10.7. The summed E-state index contributed by atoms with van der Waals surface area (Å²) < 4.78 is 0.296. The van der Waals surface area contributed by atoms with Gasteiger partial charge in [0.1, 0.15) is 5.75 Å². The van der Waals surface area contributed by atoms with E-state index in [2.05, 4.69) is 0 Å². The van der Waals surface area contributed by atoms with Crippen LogP contribution in [0.4, 0.5) is 11.4 Å². The molecular formula is C9H13ClN2O3. The Balaban J connectivity index is 0.00000196. The number of nitro benzene ring substituents is 1. The first-order chi connectivity index (χ1) is 6.32. The minimum Gasteiger partial charge on any atom is -1.00 e. The highest BCUT2D eigenvalue weighted by Crippen LogP contribution is 2.32. The molecule has 0 heterocycles. The van der Waals surface area contributed by atoms with E-state index in [-0.39, 0.29) is 23.8 Å². The molecule has 84 valence electrons. The third-order valence-corrected chi connectivity index (χ3v) is 1.88. The fraction of sp³-hybridized carbons (Fsp3) is 0.333. The minimum absolute atomic E-state index is 0. The van der Waals surface area contributed by atoms with E-state index in [1.54, 1.807) is 0 Å². The molecule has 0 amide bonds. The number of benzene rings is 1. The smallest absolute Gasteiger partial charge is 0.329 e. The summed E-state index contributed by atoms with van der Waals surface area (Å²) in [7, 11) is 5.42. The molecule has 0 fully saturated rings. The monoisotopic (exact) mass is 232 g/mol. The van der Waals surface area contributed by atoms with Crippen molar-refractivity contribution in [1.29, 1.82) is 0 Å². The van der Waals surface area contributed by atoms with Crippen molar-refractivity contribution < 1.29 is 22.4 Å². The van der Waals surface area contributed by atoms with Crippen LogP contribution in [0.3, 0.4) is 0 Å². The highest BCUT2D eigenvalue weighted by Gasteiger charge is 2.25. The van der Waals surface area contributed by atoms with Gasteiger partial charge in [0.15, 0.2) is 0 Å². The molecule has 0 aliphatic rings. The van der Waals surface area contributed by atoms with Gasteiger partial charge in [-0.15, -0.1) is 0 Å². The first-order valence-electron chi connectivity index (χ1n) is 4.12. The number of halogens is 1. The molecule has 0 saturated heterocycles. The maximum absolute atomic E-state index is 10.7. The van der Waals surface area contributed by atoms with Crippen molar-refractivity contribution in [1.82, 2.24) is 4.48 Å². The van der Waals surface area contributed by atoms with Crippen molar-refractivity contribution in [2.24, 2.45) is 0 Å². The second-order valence-corrected chi connectivity index (χ2v) is 3.94. The number of nitro groups is 1. The van der Waals surface area contributed by atoms with Crippen LogP contribution < -0.4 is 16.9 Å². The Bertz CT molecular complexity index is 374. The molecule has 1 aromatic rings. The Morgan fingerprint density at radius 3 is 2.27 bits per heavy atom. The predicted molar refractivity (Wildman–Crippen MR) is 54.3 cm³/mol. The lowest BCUT2D eigenvalue weighted by atomic mass is 10.2. The quantitative estimate of drug-likeness (QED) is 0.384. The minimum atomic E-state index is -0.446. The summed E-state index contributed by atoms with van der Waals surface area (Å²) in [6.07, 6.45) is 0. The van der Waals surface area contributed by atoms with Crippen molar-refractivity contribution >= 4 is 11.4 Å². The van der Waals surface area contributed by atoms with Crippen molar-refractivity contribution in [3.05, 3.63) is 28.3 Å². The van der Waals surface area contributed by atoms with Gasteiger partial charge < -0.3 is 17.5 Å². The Morgan fingerprint density at radius 1 is 1.33 bits per heavy atom. The Kier molecular flexibility index (Phi) is 4.06. The summed E-state index contributed by atoms with van der Waals surface area (Å²) in [5, 5.41) is 19.9. The number of phenols is 1. The molecule has 5 nitrogen and oxygen atoms in total. The molecule has 0 atom stereocenters. The van der Waals surface area contributed by atoms with Crippen LogP contribution in [-0.2, 0) is 0 Å². The molecule has 0 aliphatic heterocycles.